The van der Waals surface area contributed by atoms with E-state index in [0.717, 1.165) is 0 Å². The number of aryl methyl sites for hydroxylation is 1. The molecule has 1 fully saturated rings. The first-order valence-electron chi connectivity index (χ1n) is 12.3. The first-order chi connectivity index (χ1) is 19.2. The zero-order valence-corrected chi connectivity index (χ0v) is 23.1. The number of anilines is 2. The van der Waals surface area contributed by atoms with Crippen molar-refractivity contribution in [3.63, 3.8) is 0 Å². The highest BCUT2D eigenvalue weighted by atomic mass is 32.2. The molecule has 4 heterocycles. The number of furan rings is 1. The molecule has 1 aliphatic heterocycles. The minimum Gasteiger partial charge on any atom is -0.494 e. The standard InChI is InChI=1S/C25H29N7O7S/c1-15-8-9-21(39-15)23-28-29-25(32(23)22-19(37-3)6-5-7-20(22)38-4)30-40(34,35)18-10-16(33)13-31(14-18)24-26-11-17(36-2)12-27-24/h5-9,11-12,16,18,33H,10,13-14H2,1-4H3,(H,29,30)/t16-,18+/m1/s1. The molecular weight excluding hydrogens is 542 g/mol. The number of ether oxygens (including phenoxy) is 3. The summed E-state index contributed by atoms with van der Waals surface area (Å²) in [5, 5.41) is 17.9. The van der Waals surface area contributed by atoms with Crippen LogP contribution in [-0.2, 0) is 10.0 Å². The number of aliphatic hydroxyl groups is 1. The van der Waals surface area contributed by atoms with Crippen LogP contribution in [0.15, 0.2) is 47.1 Å². The van der Waals surface area contributed by atoms with Gasteiger partial charge in [0.05, 0.1) is 39.8 Å². The zero-order chi connectivity index (χ0) is 28.4. The van der Waals surface area contributed by atoms with Crippen LogP contribution in [0.2, 0.25) is 0 Å². The molecule has 0 radical (unpaired) electrons. The quantitative estimate of drug-likeness (QED) is 0.300. The molecule has 0 amide bonds. The van der Waals surface area contributed by atoms with Crippen molar-refractivity contribution in [3.8, 4) is 34.5 Å². The van der Waals surface area contributed by atoms with Gasteiger partial charge < -0.3 is 28.6 Å². The molecule has 14 nitrogen and oxygen atoms in total. The van der Waals surface area contributed by atoms with Crippen LogP contribution in [0.4, 0.5) is 11.9 Å². The maximum absolute atomic E-state index is 13.7. The lowest BCUT2D eigenvalue weighted by atomic mass is 10.1. The van der Waals surface area contributed by atoms with E-state index in [-0.39, 0.29) is 37.2 Å². The van der Waals surface area contributed by atoms with Gasteiger partial charge in [-0.3, -0.25) is 9.29 Å². The molecule has 4 aromatic rings. The van der Waals surface area contributed by atoms with Crippen LogP contribution >= 0.6 is 0 Å². The van der Waals surface area contributed by atoms with Crippen LogP contribution in [0.1, 0.15) is 12.2 Å². The Morgan fingerprint density at radius 1 is 1.00 bits per heavy atom. The van der Waals surface area contributed by atoms with Gasteiger partial charge in [-0.2, -0.15) is 0 Å². The van der Waals surface area contributed by atoms with Gasteiger partial charge in [0.25, 0.3) is 0 Å². The van der Waals surface area contributed by atoms with Crippen LogP contribution in [0.25, 0.3) is 17.3 Å². The Morgan fingerprint density at radius 2 is 1.70 bits per heavy atom. The Morgan fingerprint density at radius 3 is 2.30 bits per heavy atom. The minimum atomic E-state index is -4.12. The van der Waals surface area contributed by atoms with E-state index >= 15 is 0 Å². The summed E-state index contributed by atoms with van der Waals surface area (Å²) in [7, 11) is 0.348. The van der Waals surface area contributed by atoms with E-state index in [2.05, 4.69) is 24.9 Å². The molecule has 1 aromatic carbocycles. The van der Waals surface area contributed by atoms with Gasteiger partial charge in [-0.1, -0.05) is 6.07 Å². The van der Waals surface area contributed by atoms with Crippen LogP contribution < -0.4 is 23.8 Å². The summed E-state index contributed by atoms with van der Waals surface area (Å²) in [6, 6.07) is 8.62. The number of aromatic nitrogens is 5. The predicted molar refractivity (Wildman–Crippen MR) is 145 cm³/mol. The number of β-amino-alcohol motifs (C(OH)–C–C–N with tert-alkyl or cyclic N) is 1. The van der Waals surface area contributed by atoms with Gasteiger partial charge in [0.1, 0.15) is 28.2 Å². The Kier molecular flexibility index (Phi) is 7.49. The van der Waals surface area contributed by atoms with E-state index in [4.69, 9.17) is 18.6 Å². The zero-order valence-electron chi connectivity index (χ0n) is 22.3. The second-order valence-electron chi connectivity index (χ2n) is 9.09. The Balaban J connectivity index is 1.53. The van der Waals surface area contributed by atoms with E-state index in [9.17, 15) is 13.5 Å². The maximum atomic E-state index is 13.7. The van der Waals surface area contributed by atoms with Gasteiger partial charge in [0.15, 0.2) is 11.5 Å². The van der Waals surface area contributed by atoms with Crippen molar-refractivity contribution < 1.29 is 32.2 Å². The third-order valence-electron chi connectivity index (χ3n) is 6.44. The molecule has 0 spiro atoms. The summed E-state index contributed by atoms with van der Waals surface area (Å²) in [6.45, 7) is 1.99. The van der Waals surface area contributed by atoms with Crippen molar-refractivity contribution in [3.05, 3.63) is 48.5 Å². The molecule has 5 rings (SSSR count). The van der Waals surface area contributed by atoms with Gasteiger partial charge in [0, 0.05) is 13.1 Å². The summed E-state index contributed by atoms with van der Waals surface area (Å²) < 4.78 is 53.6. The highest BCUT2D eigenvalue weighted by Crippen LogP contribution is 2.38. The summed E-state index contributed by atoms with van der Waals surface area (Å²) in [5.41, 5.74) is 0.371. The molecule has 40 heavy (non-hydrogen) atoms. The summed E-state index contributed by atoms with van der Waals surface area (Å²) in [6.07, 6.45) is 2.02. The second kappa shape index (κ2) is 11.0. The molecule has 0 bridgehead atoms. The number of sulfonamides is 1. The molecule has 212 valence electrons. The highest BCUT2D eigenvalue weighted by Gasteiger charge is 2.37. The van der Waals surface area contributed by atoms with Crippen molar-refractivity contribution >= 4 is 21.9 Å². The Bertz CT molecular complexity index is 1560. The first-order valence-corrected chi connectivity index (χ1v) is 13.8. The number of hydrogen-bond acceptors (Lipinski definition) is 12. The number of aliphatic hydroxyl groups excluding tert-OH is 1. The van der Waals surface area contributed by atoms with Crippen LogP contribution in [0.5, 0.6) is 17.2 Å². The van der Waals surface area contributed by atoms with Gasteiger partial charge in [-0.05, 0) is 37.6 Å². The number of benzene rings is 1. The van der Waals surface area contributed by atoms with Crippen molar-refractivity contribution in [2.75, 3.05) is 44.0 Å². The Labute approximate surface area is 230 Å². The van der Waals surface area contributed by atoms with E-state index in [1.54, 1.807) is 42.2 Å². The molecule has 2 atom stereocenters. The van der Waals surface area contributed by atoms with E-state index < -0.39 is 21.4 Å². The van der Waals surface area contributed by atoms with E-state index in [1.807, 2.05) is 0 Å². The van der Waals surface area contributed by atoms with Crippen molar-refractivity contribution in [2.45, 2.75) is 24.7 Å². The monoisotopic (exact) mass is 571 g/mol. The normalized spacial score (nSPS) is 17.5. The Hall–Kier alpha value is -4.37. The van der Waals surface area contributed by atoms with Gasteiger partial charge >= 0.3 is 0 Å². The molecule has 0 saturated carbocycles. The lowest BCUT2D eigenvalue weighted by Gasteiger charge is -2.35. The van der Waals surface area contributed by atoms with E-state index in [1.165, 1.54) is 38.3 Å². The number of piperidine rings is 1. The van der Waals surface area contributed by atoms with Gasteiger partial charge in [0.2, 0.25) is 27.7 Å². The van der Waals surface area contributed by atoms with Gasteiger partial charge in [-0.15, -0.1) is 10.2 Å². The summed E-state index contributed by atoms with van der Waals surface area (Å²) >= 11 is 0. The fraction of sp³-hybridized carbons (Fsp3) is 0.360. The highest BCUT2D eigenvalue weighted by molar-refractivity contribution is 7.93. The van der Waals surface area contributed by atoms with Gasteiger partial charge in [-0.25, -0.2) is 18.4 Å². The number of rotatable bonds is 9. The van der Waals surface area contributed by atoms with Crippen molar-refractivity contribution in [2.24, 2.45) is 0 Å². The topological polar surface area (TPSA) is 167 Å². The lowest BCUT2D eigenvalue weighted by molar-refractivity contribution is 0.154. The van der Waals surface area contributed by atoms with Crippen LogP contribution in [-0.4, -0.2) is 84.0 Å². The van der Waals surface area contributed by atoms with Crippen LogP contribution in [0.3, 0.4) is 0 Å². The number of nitrogens with zero attached hydrogens (tertiary/aromatic N) is 6. The average molecular weight is 572 g/mol. The summed E-state index contributed by atoms with van der Waals surface area (Å²) in [4.78, 5) is 10.1. The number of hydrogen-bond donors (Lipinski definition) is 2. The fourth-order valence-corrected chi connectivity index (χ4v) is 5.94. The SMILES string of the molecule is COc1cnc(N2C[C@H](O)C[C@H](S(=O)(=O)Nc3nnc(-c4ccc(C)o4)n3-c3c(OC)cccc3OC)C2)nc1. The number of nitrogens with one attached hydrogen (secondary N) is 1. The molecule has 1 saturated heterocycles. The lowest BCUT2D eigenvalue weighted by Crippen LogP contribution is -2.50. The fourth-order valence-electron chi connectivity index (χ4n) is 4.53. The predicted octanol–water partition coefficient (Wildman–Crippen LogP) is 2.03. The molecule has 15 heteroatoms. The second-order valence-corrected chi connectivity index (χ2v) is 11.1. The minimum absolute atomic E-state index is 0.00165. The van der Waals surface area contributed by atoms with E-state index in [0.29, 0.717) is 34.5 Å². The molecule has 2 N–H and O–H groups in total. The third kappa shape index (κ3) is 5.24. The number of methoxy groups -OCH3 is 3. The molecule has 3 aromatic heterocycles. The van der Waals surface area contributed by atoms with Crippen LogP contribution in [0, 0.1) is 6.92 Å². The smallest absolute Gasteiger partial charge is 0.243 e. The van der Waals surface area contributed by atoms with Crippen molar-refractivity contribution in [1.29, 1.82) is 0 Å². The molecule has 0 aliphatic carbocycles. The largest absolute Gasteiger partial charge is 0.494 e. The molecule has 0 unspecified atom stereocenters. The first kappa shape index (κ1) is 27.2. The summed E-state index contributed by atoms with van der Waals surface area (Å²) in [5.74, 6) is 2.62. The third-order valence-corrected chi connectivity index (χ3v) is 8.13. The number of para-hydroxylation sites is 1. The molecule has 1 aliphatic rings. The van der Waals surface area contributed by atoms with Crippen molar-refractivity contribution in [1.82, 2.24) is 24.7 Å². The molecular formula is C25H29N7O7S. The average Bonchev–Trinajstić information content (AvgIpc) is 3.57. The maximum Gasteiger partial charge on any atom is 0.243 e.